The molecule has 1 atom stereocenters. The quantitative estimate of drug-likeness (QED) is 0.504. The molecule has 2 aromatic carbocycles. The molecular weight excluding hydrogens is 454 g/mol. The molecule has 34 heavy (non-hydrogen) atoms. The molecule has 2 aromatic rings. The minimum absolute atomic E-state index is 0.00451. The second-order valence-electron chi connectivity index (χ2n) is 8.53. The minimum atomic E-state index is -3.78. The first kappa shape index (κ1) is 26.0. The second-order valence-corrected chi connectivity index (χ2v) is 10.3. The Morgan fingerprint density at radius 1 is 1.06 bits per heavy atom. The smallest absolute Gasteiger partial charge is 0.240 e. The van der Waals surface area contributed by atoms with E-state index in [1.165, 1.54) is 57.2 Å². The van der Waals surface area contributed by atoms with Crippen LogP contribution in [0, 0.1) is 0 Å². The Balaban J connectivity index is 1.50. The Labute approximate surface area is 202 Å². The number of methoxy groups -OCH3 is 2. The average Bonchev–Trinajstić information content (AvgIpc) is 2.84. The van der Waals surface area contributed by atoms with Gasteiger partial charge in [0.05, 0.1) is 19.1 Å². The van der Waals surface area contributed by atoms with E-state index in [1.54, 1.807) is 0 Å². The molecular formula is C25H35N3O5S. The van der Waals surface area contributed by atoms with Crippen LogP contribution in [-0.2, 0) is 27.9 Å². The Hall–Kier alpha value is -2.62. The number of benzene rings is 2. The lowest BCUT2D eigenvalue weighted by Gasteiger charge is -2.33. The van der Waals surface area contributed by atoms with Gasteiger partial charge in [-0.05, 0) is 49.6 Å². The Morgan fingerprint density at radius 3 is 2.50 bits per heavy atom. The molecule has 0 aromatic heterocycles. The van der Waals surface area contributed by atoms with Crippen molar-refractivity contribution in [3.63, 3.8) is 0 Å². The molecule has 1 amide bonds. The Morgan fingerprint density at radius 2 is 1.79 bits per heavy atom. The summed E-state index contributed by atoms with van der Waals surface area (Å²) in [5, 5.41) is 2.92. The van der Waals surface area contributed by atoms with Crippen LogP contribution in [0.4, 0.5) is 0 Å². The normalized spacial score (nSPS) is 16.7. The molecule has 0 radical (unpaired) electrons. The van der Waals surface area contributed by atoms with E-state index in [0.717, 1.165) is 18.7 Å². The maximum atomic E-state index is 12.6. The highest BCUT2D eigenvalue weighted by Gasteiger charge is 2.20. The summed E-state index contributed by atoms with van der Waals surface area (Å²) in [6, 6.07) is 13.1. The summed E-state index contributed by atoms with van der Waals surface area (Å²) in [5.41, 5.74) is 2.30. The van der Waals surface area contributed by atoms with Gasteiger partial charge < -0.3 is 14.8 Å². The standard InChI is InChI=1S/C25H35N3O5S/c1-19-8-6-7-15-28(19)18-21-10-5-4-9-20(21)17-26-25(29)13-14-27-34(30,31)22-11-12-23(32-2)24(16-22)33-3/h4-5,9-12,16,19,27H,6-8,13-15,17-18H2,1-3H3,(H,26,29). The summed E-state index contributed by atoms with van der Waals surface area (Å²) < 4.78 is 37.9. The van der Waals surface area contributed by atoms with Gasteiger partial charge in [0.2, 0.25) is 15.9 Å². The van der Waals surface area contributed by atoms with Crippen molar-refractivity contribution in [3.8, 4) is 11.5 Å². The van der Waals surface area contributed by atoms with E-state index in [0.29, 0.717) is 24.1 Å². The number of nitrogens with one attached hydrogen (secondary N) is 2. The van der Waals surface area contributed by atoms with E-state index in [-0.39, 0.29) is 23.8 Å². The van der Waals surface area contributed by atoms with Gasteiger partial charge in [0, 0.05) is 38.2 Å². The lowest BCUT2D eigenvalue weighted by Crippen LogP contribution is -2.37. The first-order valence-corrected chi connectivity index (χ1v) is 13.1. The average molecular weight is 490 g/mol. The van der Waals surface area contributed by atoms with Gasteiger partial charge in [-0.2, -0.15) is 0 Å². The first-order valence-electron chi connectivity index (χ1n) is 11.6. The number of sulfonamides is 1. The van der Waals surface area contributed by atoms with Crippen LogP contribution in [0.15, 0.2) is 47.4 Å². The molecule has 1 heterocycles. The lowest BCUT2D eigenvalue weighted by molar-refractivity contribution is -0.121. The Kier molecular flexibility index (Phi) is 9.32. The number of carbonyl (C=O) groups excluding carboxylic acids is 1. The number of hydrogen-bond donors (Lipinski definition) is 2. The van der Waals surface area contributed by atoms with Gasteiger partial charge in [-0.25, -0.2) is 13.1 Å². The largest absolute Gasteiger partial charge is 0.493 e. The molecule has 1 saturated heterocycles. The predicted octanol–water partition coefficient (Wildman–Crippen LogP) is 3.06. The number of amides is 1. The molecule has 0 aliphatic carbocycles. The molecule has 1 unspecified atom stereocenters. The van der Waals surface area contributed by atoms with Crippen LogP contribution < -0.4 is 19.5 Å². The maximum absolute atomic E-state index is 12.6. The molecule has 186 valence electrons. The fourth-order valence-corrected chi connectivity index (χ4v) is 5.19. The number of ether oxygens (including phenoxy) is 2. The van der Waals surface area contributed by atoms with Crippen LogP contribution in [0.2, 0.25) is 0 Å². The highest BCUT2D eigenvalue weighted by Crippen LogP contribution is 2.29. The molecule has 1 aliphatic rings. The molecule has 9 heteroatoms. The van der Waals surface area contributed by atoms with Gasteiger partial charge in [-0.3, -0.25) is 9.69 Å². The number of nitrogens with zero attached hydrogens (tertiary/aromatic N) is 1. The highest BCUT2D eigenvalue weighted by molar-refractivity contribution is 7.89. The van der Waals surface area contributed by atoms with Crippen molar-refractivity contribution in [1.82, 2.24) is 14.9 Å². The molecule has 0 saturated carbocycles. The van der Waals surface area contributed by atoms with Crippen molar-refractivity contribution in [2.45, 2.75) is 56.6 Å². The summed E-state index contributed by atoms with van der Waals surface area (Å²) in [5.74, 6) is 0.549. The van der Waals surface area contributed by atoms with Crippen LogP contribution in [0.3, 0.4) is 0 Å². The summed E-state index contributed by atoms with van der Waals surface area (Å²) >= 11 is 0. The van der Waals surface area contributed by atoms with Crippen LogP contribution >= 0.6 is 0 Å². The molecule has 1 aliphatic heterocycles. The Bertz CT molecular complexity index is 1070. The first-order chi connectivity index (χ1) is 16.3. The summed E-state index contributed by atoms with van der Waals surface area (Å²) in [6.07, 6.45) is 3.77. The molecule has 0 bridgehead atoms. The van der Waals surface area contributed by atoms with Gasteiger partial charge in [0.25, 0.3) is 0 Å². The van der Waals surface area contributed by atoms with E-state index < -0.39 is 10.0 Å². The van der Waals surface area contributed by atoms with E-state index in [4.69, 9.17) is 9.47 Å². The fraction of sp³-hybridized carbons (Fsp3) is 0.480. The van der Waals surface area contributed by atoms with Crippen LogP contribution in [0.1, 0.15) is 43.7 Å². The second kappa shape index (κ2) is 12.2. The van der Waals surface area contributed by atoms with E-state index in [2.05, 4.69) is 27.9 Å². The van der Waals surface area contributed by atoms with Crippen molar-refractivity contribution < 1.29 is 22.7 Å². The molecule has 2 N–H and O–H groups in total. The number of hydrogen-bond acceptors (Lipinski definition) is 6. The number of rotatable bonds is 11. The third-order valence-electron chi connectivity index (χ3n) is 6.22. The third kappa shape index (κ3) is 6.94. The van der Waals surface area contributed by atoms with Crippen molar-refractivity contribution in [2.75, 3.05) is 27.3 Å². The van der Waals surface area contributed by atoms with Crippen molar-refractivity contribution in [1.29, 1.82) is 0 Å². The molecule has 3 rings (SSSR count). The maximum Gasteiger partial charge on any atom is 0.240 e. The van der Waals surface area contributed by atoms with Crippen molar-refractivity contribution >= 4 is 15.9 Å². The SMILES string of the molecule is COc1ccc(S(=O)(=O)NCCC(=O)NCc2ccccc2CN2CCCCC2C)cc1OC. The van der Waals surface area contributed by atoms with Crippen LogP contribution in [-0.4, -0.2) is 52.6 Å². The highest BCUT2D eigenvalue weighted by atomic mass is 32.2. The fourth-order valence-electron chi connectivity index (χ4n) is 4.14. The monoisotopic (exact) mass is 489 g/mol. The topological polar surface area (TPSA) is 97.0 Å². The minimum Gasteiger partial charge on any atom is -0.493 e. The predicted molar refractivity (Wildman–Crippen MR) is 131 cm³/mol. The summed E-state index contributed by atoms with van der Waals surface area (Å²) in [7, 11) is -0.857. The summed E-state index contributed by atoms with van der Waals surface area (Å²) in [4.78, 5) is 14.9. The van der Waals surface area contributed by atoms with E-state index in [1.807, 2.05) is 18.2 Å². The molecule has 0 spiro atoms. The van der Waals surface area contributed by atoms with Gasteiger partial charge >= 0.3 is 0 Å². The van der Waals surface area contributed by atoms with Crippen LogP contribution in [0.25, 0.3) is 0 Å². The van der Waals surface area contributed by atoms with Crippen molar-refractivity contribution in [2.24, 2.45) is 0 Å². The van der Waals surface area contributed by atoms with Gasteiger partial charge in [-0.1, -0.05) is 30.7 Å². The lowest BCUT2D eigenvalue weighted by atomic mass is 10.0. The zero-order valence-electron chi connectivity index (χ0n) is 20.2. The number of piperidine rings is 1. The number of carbonyl (C=O) groups is 1. The van der Waals surface area contributed by atoms with Gasteiger partial charge in [-0.15, -0.1) is 0 Å². The molecule has 1 fully saturated rings. The molecule has 8 nitrogen and oxygen atoms in total. The van der Waals surface area contributed by atoms with Gasteiger partial charge in [0.15, 0.2) is 11.5 Å². The summed E-state index contributed by atoms with van der Waals surface area (Å²) in [6.45, 7) is 4.65. The van der Waals surface area contributed by atoms with Crippen LogP contribution in [0.5, 0.6) is 11.5 Å². The zero-order valence-corrected chi connectivity index (χ0v) is 21.0. The third-order valence-corrected chi connectivity index (χ3v) is 7.68. The number of likely N-dealkylation sites (tertiary alicyclic amines) is 1. The van der Waals surface area contributed by atoms with Gasteiger partial charge in [0.1, 0.15) is 0 Å². The van der Waals surface area contributed by atoms with E-state index >= 15 is 0 Å². The zero-order chi connectivity index (χ0) is 24.6. The van der Waals surface area contributed by atoms with E-state index in [9.17, 15) is 13.2 Å². The van der Waals surface area contributed by atoms with Crippen molar-refractivity contribution in [3.05, 3.63) is 53.6 Å².